The molecule has 0 aromatic heterocycles. The summed E-state index contributed by atoms with van der Waals surface area (Å²) in [6.45, 7) is 7.94. The van der Waals surface area contributed by atoms with Crippen LogP contribution >= 0.6 is 0 Å². The molecule has 1 fully saturated rings. The zero-order chi connectivity index (χ0) is 15.3. The summed E-state index contributed by atoms with van der Waals surface area (Å²) in [4.78, 5) is 0. The van der Waals surface area contributed by atoms with E-state index in [0.29, 0.717) is 5.92 Å². The molecule has 1 aromatic carbocycles. The third kappa shape index (κ3) is 4.82. The van der Waals surface area contributed by atoms with E-state index in [4.69, 9.17) is 0 Å². The summed E-state index contributed by atoms with van der Waals surface area (Å²) in [7, 11) is 0. The van der Waals surface area contributed by atoms with Gasteiger partial charge in [-0.15, -0.1) is 0 Å². The molecular formula is C19H31NO. The fourth-order valence-electron chi connectivity index (χ4n) is 3.26. The van der Waals surface area contributed by atoms with E-state index < -0.39 is 0 Å². The van der Waals surface area contributed by atoms with Crippen molar-refractivity contribution in [2.24, 2.45) is 11.8 Å². The summed E-state index contributed by atoms with van der Waals surface area (Å²) in [5.74, 6) is 1.51. The van der Waals surface area contributed by atoms with Crippen LogP contribution in [-0.2, 0) is 13.0 Å². The van der Waals surface area contributed by atoms with Crippen molar-refractivity contribution in [1.82, 2.24) is 5.32 Å². The van der Waals surface area contributed by atoms with E-state index in [1.165, 1.54) is 24.0 Å². The minimum atomic E-state index is -0.0525. The van der Waals surface area contributed by atoms with E-state index in [2.05, 4.69) is 50.4 Å². The third-order valence-corrected chi connectivity index (χ3v) is 4.87. The largest absolute Gasteiger partial charge is 0.394 e. The highest BCUT2D eigenvalue weighted by Gasteiger charge is 2.32. The Kier molecular flexibility index (Phi) is 5.83. The maximum Gasteiger partial charge on any atom is 0.0613 e. The van der Waals surface area contributed by atoms with Crippen LogP contribution in [0.4, 0.5) is 0 Å². The fourth-order valence-corrected chi connectivity index (χ4v) is 3.26. The molecule has 2 nitrogen and oxygen atoms in total. The molecule has 1 aliphatic carbocycles. The molecule has 1 saturated carbocycles. The lowest BCUT2D eigenvalue weighted by Crippen LogP contribution is -2.50. The molecule has 1 aromatic rings. The van der Waals surface area contributed by atoms with Gasteiger partial charge in [0, 0.05) is 12.1 Å². The third-order valence-electron chi connectivity index (χ3n) is 4.87. The molecule has 0 aliphatic heterocycles. The molecule has 2 rings (SSSR count). The highest BCUT2D eigenvalue weighted by atomic mass is 16.3. The number of aliphatic hydroxyl groups excluding tert-OH is 1. The molecule has 21 heavy (non-hydrogen) atoms. The minimum absolute atomic E-state index is 0.0525. The van der Waals surface area contributed by atoms with Crippen molar-refractivity contribution < 1.29 is 5.11 Å². The van der Waals surface area contributed by atoms with Crippen molar-refractivity contribution in [3.8, 4) is 0 Å². The van der Waals surface area contributed by atoms with Gasteiger partial charge in [-0.05, 0) is 55.1 Å². The maximum atomic E-state index is 9.79. The summed E-state index contributed by atoms with van der Waals surface area (Å²) in [6.07, 6.45) is 5.78. The first-order valence-corrected chi connectivity index (χ1v) is 8.47. The second-order valence-electron chi connectivity index (χ2n) is 7.39. The normalized spacial score (nSPS) is 26.2. The number of hydrogen-bond donors (Lipinski definition) is 2. The van der Waals surface area contributed by atoms with E-state index in [9.17, 15) is 5.11 Å². The van der Waals surface area contributed by atoms with E-state index in [1.54, 1.807) is 0 Å². The average molecular weight is 289 g/mol. The van der Waals surface area contributed by atoms with Crippen LogP contribution < -0.4 is 5.32 Å². The molecule has 0 heterocycles. The van der Waals surface area contributed by atoms with Gasteiger partial charge < -0.3 is 10.4 Å². The standard InChI is InChI=1S/C19H31NO/c1-15(2)12-17-4-6-18(7-5-17)13-20-19(14-21)10-8-16(3)9-11-19/h4-7,15-16,20-21H,8-14H2,1-3H3. The average Bonchev–Trinajstić information content (AvgIpc) is 2.48. The van der Waals surface area contributed by atoms with Gasteiger partial charge in [0.2, 0.25) is 0 Å². The van der Waals surface area contributed by atoms with Crippen LogP contribution in [0.2, 0.25) is 0 Å². The lowest BCUT2D eigenvalue weighted by atomic mass is 9.77. The van der Waals surface area contributed by atoms with Gasteiger partial charge in [0.05, 0.1) is 6.61 Å². The highest BCUT2D eigenvalue weighted by molar-refractivity contribution is 5.23. The van der Waals surface area contributed by atoms with Crippen molar-refractivity contribution in [3.63, 3.8) is 0 Å². The molecule has 118 valence electrons. The quantitative estimate of drug-likeness (QED) is 0.832. The maximum absolute atomic E-state index is 9.79. The minimum Gasteiger partial charge on any atom is -0.394 e. The predicted molar refractivity (Wildman–Crippen MR) is 89.3 cm³/mol. The molecule has 0 saturated heterocycles. The summed E-state index contributed by atoms with van der Waals surface area (Å²) < 4.78 is 0. The number of rotatable bonds is 6. The molecule has 0 atom stereocenters. The van der Waals surface area contributed by atoms with Gasteiger partial charge in [-0.1, -0.05) is 45.0 Å². The molecule has 0 bridgehead atoms. The Morgan fingerprint density at radius 1 is 1.14 bits per heavy atom. The van der Waals surface area contributed by atoms with Crippen molar-refractivity contribution >= 4 is 0 Å². The highest BCUT2D eigenvalue weighted by Crippen LogP contribution is 2.31. The van der Waals surface area contributed by atoms with Gasteiger partial charge in [-0.3, -0.25) is 0 Å². The Balaban J connectivity index is 1.89. The van der Waals surface area contributed by atoms with Crippen LogP contribution in [0.5, 0.6) is 0 Å². The van der Waals surface area contributed by atoms with E-state index in [-0.39, 0.29) is 12.1 Å². The molecule has 1 aliphatic rings. The van der Waals surface area contributed by atoms with E-state index in [1.807, 2.05) is 0 Å². The molecule has 2 heteroatoms. The smallest absolute Gasteiger partial charge is 0.0613 e. The van der Waals surface area contributed by atoms with Crippen molar-refractivity contribution in [2.75, 3.05) is 6.61 Å². The molecule has 0 radical (unpaired) electrons. The molecule has 2 N–H and O–H groups in total. The summed E-state index contributed by atoms with van der Waals surface area (Å²) >= 11 is 0. The monoisotopic (exact) mass is 289 g/mol. The SMILES string of the molecule is CC(C)Cc1ccc(CNC2(CO)CCC(C)CC2)cc1. The Bertz CT molecular complexity index is 416. The Labute approximate surface area is 130 Å². The number of benzene rings is 1. The Morgan fingerprint density at radius 3 is 2.24 bits per heavy atom. The summed E-state index contributed by atoms with van der Waals surface area (Å²) in [5, 5.41) is 13.4. The Hall–Kier alpha value is -0.860. The predicted octanol–water partition coefficient (Wildman–Crippen LogP) is 3.92. The first-order valence-electron chi connectivity index (χ1n) is 8.47. The number of hydrogen-bond acceptors (Lipinski definition) is 2. The molecule has 0 unspecified atom stereocenters. The van der Waals surface area contributed by atoms with Gasteiger partial charge in [0.1, 0.15) is 0 Å². The molecular weight excluding hydrogens is 258 g/mol. The first-order chi connectivity index (χ1) is 10.0. The van der Waals surface area contributed by atoms with Gasteiger partial charge >= 0.3 is 0 Å². The zero-order valence-electron chi connectivity index (χ0n) is 13.9. The first kappa shape index (κ1) is 16.5. The van der Waals surface area contributed by atoms with Crippen molar-refractivity contribution in [2.45, 2.75) is 65.0 Å². The van der Waals surface area contributed by atoms with Crippen LogP contribution in [0.1, 0.15) is 57.6 Å². The van der Waals surface area contributed by atoms with Crippen LogP contribution in [0.15, 0.2) is 24.3 Å². The van der Waals surface area contributed by atoms with Gasteiger partial charge in [0.25, 0.3) is 0 Å². The Morgan fingerprint density at radius 2 is 1.71 bits per heavy atom. The second-order valence-corrected chi connectivity index (χ2v) is 7.39. The fraction of sp³-hybridized carbons (Fsp3) is 0.684. The zero-order valence-corrected chi connectivity index (χ0v) is 13.9. The van der Waals surface area contributed by atoms with Gasteiger partial charge in [-0.25, -0.2) is 0 Å². The second kappa shape index (κ2) is 7.42. The summed E-state index contributed by atoms with van der Waals surface area (Å²) in [5.41, 5.74) is 2.68. The lowest BCUT2D eigenvalue weighted by Gasteiger charge is -2.39. The number of aliphatic hydroxyl groups is 1. The molecule has 0 amide bonds. The van der Waals surface area contributed by atoms with Crippen molar-refractivity contribution in [1.29, 1.82) is 0 Å². The summed E-state index contributed by atoms with van der Waals surface area (Å²) in [6, 6.07) is 8.93. The van der Waals surface area contributed by atoms with E-state index in [0.717, 1.165) is 31.7 Å². The molecule has 0 spiro atoms. The van der Waals surface area contributed by atoms with Crippen LogP contribution in [0.3, 0.4) is 0 Å². The van der Waals surface area contributed by atoms with Crippen LogP contribution in [-0.4, -0.2) is 17.3 Å². The number of nitrogens with one attached hydrogen (secondary N) is 1. The van der Waals surface area contributed by atoms with E-state index >= 15 is 0 Å². The topological polar surface area (TPSA) is 32.3 Å². The van der Waals surface area contributed by atoms with Gasteiger partial charge in [0.15, 0.2) is 0 Å². The van der Waals surface area contributed by atoms with Crippen LogP contribution in [0, 0.1) is 11.8 Å². The van der Waals surface area contributed by atoms with Crippen molar-refractivity contribution in [3.05, 3.63) is 35.4 Å². The lowest BCUT2D eigenvalue weighted by molar-refractivity contribution is 0.104. The van der Waals surface area contributed by atoms with Crippen LogP contribution in [0.25, 0.3) is 0 Å². The van der Waals surface area contributed by atoms with Gasteiger partial charge in [-0.2, -0.15) is 0 Å².